The van der Waals surface area contributed by atoms with Crippen molar-refractivity contribution in [3.8, 4) is 5.82 Å². The van der Waals surface area contributed by atoms with Crippen molar-refractivity contribution in [3.63, 3.8) is 0 Å². The number of hydrogen-bond donors (Lipinski definition) is 2. The maximum atomic E-state index is 12.2. The van der Waals surface area contributed by atoms with Crippen molar-refractivity contribution in [3.05, 3.63) is 36.5 Å². The van der Waals surface area contributed by atoms with Gasteiger partial charge in [0.2, 0.25) is 5.91 Å². The summed E-state index contributed by atoms with van der Waals surface area (Å²) in [6.45, 7) is 1.20. The maximum Gasteiger partial charge on any atom is 0.317 e. The molecule has 3 N–H and O–H groups in total. The molecule has 23 heavy (non-hydrogen) atoms. The van der Waals surface area contributed by atoms with Crippen molar-refractivity contribution in [2.24, 2.45) is 11.7 Å². The predicted molar refractivity (Wildman–Crippen MR) is 80.3 cm³/mol. The van der Waals surface area contributed by atoms with E-state index in [1.54, 1.807) is 28.2 Å². The quantitative estimate of drug-likeness (QED) is 0.801. The molecule has 0 radical (unpaired) electrons. The molecule has 1 aliphatic rings. The van der Waals surface area contributed by atoms with Gasteiger partial charge in [0.25, 0.3) is 0 Å². The van der Waals surface area contributed by atoms with E-state index < -0.39 is 0 Å². The Balaban J connectivity index is 1.63. The molecule has 1 saturated heterocycles. The summed E-state index contributed by atoms with van der Waals surface area (Å²) in [5.41, 5.74) is 6.09. The van der Waals surface area contributed by atoms with Gasteiger partial charge in [-0.05, 0) is 12.5 Å². The third kappa shape index (κ3) is 3.28. The van der Waals surface area contributed by atoms with Crippen molar-refractivity contribution in [1.82, 2.24) is 30.0 Å². The number of pyridine rings is 1. The van der Waals surface area contributed by atoms with E-state index in [-0.39, 0.29) is 17.9 Å². The number of hydrogen-bond acceptors (Lipinski definition) is 5. The number of carbonyl (C=O) groups is 2. The van der Waals surface area contributed by atoms with Gasteiger partial charge in [-0.2, -0.15) is 5.10 Å². The van der Waals surface area contributed by atoms with Gasteiger partial charge in [0.1, 0.15) is 12.7 Å². The van der Waals surface area contributed by atoms with Crippen LogP contribution in [0.2, 0.25) is 0 Å². The lowest BCUT2D eigenvalue weighted by Crippen LogP contribution is -2.39. The van der Waals surface area contributed by atoms with Crippen LogP contribution in [0.25, 0.3) is 5.82 Å². The molecule has 2 aromatic heterocycles. The van der Waals surface area contributed by atoms with Crippen LogP contribution in [0.5, 0.6) is 0 Å². The Hall–Kier alpha value is -2.97. The topological polar surface area (TPSA) is 119 Å². The van der Waals surface area contributed by atoms with Crippen molar-refractivity contribution in [2.45, 2.75) is 13.0 Å². The first-order chi connectivity index (χ1) is 11.1. The van der Waals surface area contributed by atoms with Gasteiger partial charge in [0, 0.05) is 31.4 Å². The molecular formula is C14H17N7O2. The summed E-state index contributed by atoms with van der Waals surface area (Å²) in [5, 5.41) is 6.89. The third-order valence-corrected chi connectivity index (χ3v) is 3.81. The fourth-order valence-corrected chi connectivity index (χ4v) is 2.55. The van der Waals surface area contributed by atoms with E-state index in [9.17, 15) is 9.59 Å². The van der Waals surface area contributed by atoms with Gasteiger partial charge in [-0.25, -0.2) is 19.4 Å². The van der Waals surface area contributed by atoms with Crippen LogP contribution in [0.4, 0.5) is 4.79 Å². The first-order valence-electron chi connectivity index (χ1n) is 7.26. The smallest absolute Gasteiger partial charge is 0.317 e. The number of rotatable bonds is 4. The zero-order valence-corrected chi connectivity index (χ0v) is 12.4. The average Bonchev–Trinajstić information content (AvgIpc) is 3.24. The second kappa shape index (κ2) is 6.42. The molecule has 1 atom stereocenters. The van der Waals surface area contributed by atoms with Gasteiger partial charge in [-0.15, -0.1) is 0 Å². The molecule has 0 aromatic carbocycles. The molecule has 0 bridgehead atoms. The Morgan fingerprint density at radius 2 is 2.30 bits per heavy atom. The molecule has 2 aromatic rings. The molecule has 9 heteroatoms. The van der Waals surface area contributed by atoms with E-state index in [0.29, 0.717) is 31.9 Å². The number of aromatic nitrogens is 4. The highest BCUT2D eigenvalue weighted by Gasteiger charge is 2.29. The Morgan fingerprint density at radius 3 is 3.00 bits per heavy atom. The molecule has 1 fully saturated rings. The largest absolute Gasteiger partial charge is 0.369 e. The van der Waals surface area contributed by atoms with E-state index in [4.69, 9.17) is 5.73 Å². The molecule has 3 heterocycles. The summed E-state index contributed by atoms with van der Waals surface area (Å²) in [7, 11) is 0. The number of nitrogens with zero attached hydrogens (tertiary/aromatic N) is 5. The Labute approximate surface area is 132 Å². The van der Waals surface area contributed by atoms with Crippen LogP contribution in [0.1, 0.15) is 12.0 Å². The van der Waals surface area contributed by atoms with Gasteiger partial charge in [-0.1, -0.05) is 6.07 Å². The van der Waals surface area contributed by atoms with Crippen LogP contribution in [0, 0.1) is 5.92 Å². The molecule has 120 valence electrons. The Kier molecular flexibility index (Phi) is 4.18. The lowest BCUT2D eigenvalue weighted by atomic mass is 10.1. The van der Waals surface area contributed by atoms with Gasteiger partial charge in [-0.3, -0.25) is 4.79 Å². The monoisotopic (exact) mass is 315 g/mol. The van der Waals surface area contributed by atoms with E-state index in [1.807, 2.05) is 6.07 Å². The molecule has 3 amide bonds. The van der Waals surface area contributed by atoms with Crippen molar-refractivity contribution in [2.75, 3.05) is 13.1 Å². The number of primary amides is 1. The minimum atomic E-state index is -0.360. The Bertz CT molecular complexity index is 701. The summed E-state index contributed by atoms with van der Waals surface area (Å²) in [4.78, 5) is 33.1. The van der Waals surface area contributed by atoms with E-state index in [1.165, 1.54) is 6.33 Å². The summed E-state index contributed by atoms with van der Waals surface area (Å²) >= 11 is 0. The van der Waals surface area contributed by atoms with E-state index >= 15 is 0 Å². The van der Waals surface area contributed by atoms with Gasteiger partial charge in [0.15, 0.2) is 5.82 Å². The van der Waals surface area contributed by atoms with Gasteiger partial charge < -0.3 is 16.0 Å². The third-order valence-electron chi connectivity index (χ3n) is 3.81. The lowest BCUT2D eigenvalue weighted by Gasteiger charge is -2.17. The summed E-state index contributed by atoms with van der Waals surface area (Å²) in [6, 6.07) is 3.43. The average molecular weight is 315 g/mol. The molecular weight excluding hydrogens is 298 g/mol. The van der Waals surface area contributed by atoms with Crippen LogP contribution in [0.15, 0.2) is 31.0 Å². The molecule has 1 aliphatic heterocycles. The minimum absolute atomic E-state index is 0.220. The summed E-state index contributed by atoms with van der Waals surface area (Å²) < 4.78 is 1.54. The Morgan fingerprint density at radius 1 is 1.43 bits per heavy atom. The number of likely N-dealkylation sites (tertiary alicyclic amines) is 1. The van der Waals surface area contributed by atoms with Gasteiger partial charge >= 0.3 is 6.03 Å². The van der Waals surface area contributed by atoms with Gasteiger partial charge in [0.05, 0.1) is 5.92 Å². The van der Waals surface area contributed by atoms with Crippen LogP contribution >= 0.6 is 0 Å². The van der Waals surface area contributed by atoms with Crippen molar-refractivity contribution >= 4 is 11.9 Å². The normalized spacial score (nSPS) is 17.2. The first kappa shape index (κ1) is 14.9. The number of amides is 3. The second-order valence-corrected chi connectivity index (χ2v) is 5.32. The number of nitrogens with two attached hydrogens (primary N) is 1. The van der Waals surface area contributed by atoms with Crippen LogP contribution in [0.3, 0.4) is 0 Å². The molecule has 0 aliphatic carbocycles. The first-order valence-corrected chi connectivity index (χ1v) is 7.26. The summed E-state index contributed by atoms with van der Waals surface area (Å²) in [6.07, 6.45) is 5.23. The SMILES string of the molecule is NC(=O)[C@H]1CCN(C(=O)NCc2cccnc2-n2cncn2)C1. The highest BCUT2D eigenvalue weighted by molar-refractivity contribution is 5.80. The summed E-state index contributed by atoms with van der Waals surface area (Å²) in [5.74, 6) is -0.00684. The molecule has 0 unspecified atom stereocenters. The van der Waals surface area contributed by atoms with E-state index in [0.717, 1.165) is 5.56 Å². The zero-order chi connectivity index (χ0) is 16.2. The van der Waals surface area contributed by atoms with Crippen molar-refractivity contribution in [1.29, 1.82) is 0 Å². The maximum absolute atomic E-state index is 12.2. The van der Waals surface area contributed by atoms with Crippen molar-refractivity contribution < 1.29 is 9.59 Å². The minimum Gasteiger partial charge on any atom is -0.369 e. The molecule has 0 saturated carbocycles. The molecule has 0 spiro atoms. The van der Waals surface area contributed by atoms with E-state index in [2.05, 4.69) is 20.4 Å². The fourth-order valence-electron chi connectivity index (χ4n) is 2.55. The highest BCUT2D eigenvalue weighted by Crippen LogP contribution is 2.16. The molecule has 3 rings (SSSR count). The predicted octanol–water partition coefficient (Wildman–Crippen LogP) is -0.321. The number of nitrogens with one attached hydrogen (secondary N) is 1. The fraction of sp³-hybridized carbons (Fsp3) is 0.357. The standard InChI is InChI=1S/C14H17N7O2/c15-12(22)11-3-5-20(7-11)14(23)18-6-10-2-1-4-17-13(10)21-9-16-8-19-21/h1-2,4,8-9,11H,3,5-7H2,(H2,15,22)(H,18,23)/t11-/m0/s1. The second-order valence-electron chi connectivity index (χ2n) is 5.32. The number of carbonyl (C=O) groups excluding carboxylic acids is 2. The van der Waals surface area contributed by atoms with Crippen LogP contribution < -0.4 is 11.1 Å². The molecule has 9 nitrogen and oxygen atoms in total. The zero-order valence-electron chi connectivity index (χ0n) is 12.4. The highest BCUT2D eigenvalue weighted by atomic mass is 16.2. The number of urea groups is 1. The van der Waals surface area contributed by atoms with Crippen LogP contribution in [-0.2, 0) is 11.3 Å². The lowest BCUT2D eigenvalue weighted by molar-refractivity contribution is -0.121. The van der Waals surface area contributed by atoms with Crippen LogP contribution in [-0.4, -0.2) is 49.7 Å².